The molecular formula is C16H24N2O3S. The van der Waals surface area contributed by atoms with Crippen LogP contribution in [0.25, 0.3) is 0 Å². The van der Waals surface area contributed by atoms with Crippen LogP contribution in [0, 0.1) is 0 Å². The molecule has 0 bridgehead atoms. The van der Waals surface area contributed by atoms with E-state index in [0.717, 1.165) is 23.6 Å². The fraction of sp³-hybridized carbons (Fsp3) is 0.562. The Kier molecular flexibility index (Phi) is 6.11. The van der Waals surface area contributed by atoms with Gasteiger partial charge in [0.05, 0.1) is 12.4 Å². The zero-order valence-electron chi connectivity index (χ0n) is 13.4. The second kappa shape index (κ2) is 7.85. The number of benzene rings is 1. The molecule has 5 nitrogen and oxygen atoms in total. The van der Waals surface area contributed by atoms with Crippen molar-refractivity contribution in [3.8, 4) is 5.75 Å². The van der Waals surface area contributed by atoms with E-state index in [1.807, 2.05) is 43.3 Å². The van der Waals surface area contributed by atoms with Crippen molar-refractivity contribution >= 4 is 17.7 Å². The van der Waals surface area contributed by atoms with Gasteiger partial charge < -0.3 is 19.6 Å². The number of carbonyl (C=O) groups excluding carboxylic acids is 1. The van der Waals surface area contributed by atoms with Gasteiger partial charge in [-0.15, -0.1) is 11.8 Å². The van der Waals surface area contributed by atoms with Crippen molar-refractivity contribution in [1.82, 2.24) is 9.80 Å². The number of aliphatic hydroxyl groups excluding tert-OH is 1. The molecule has 0 unspecified atom stereocenters. The van der Waals surface area contributed by atoms with Crippen LogP contribution in [0.1, 0.15) is 10.8 Å². The molecule has 1 aromatic carbocycles. The number of amides is 1. The molecule has 1 heterocycles. The smallest absolute Gasteiger partial charge is 0.252 e. The number of nitrogens with zero attached hydrogens (tertiary/aromatic N) is 2. The fourth-order valence-electron chi connectivity index (χ4n) is 2.42. The number of likely N-dealkylation sites (N-methyl/N-ethyl adjacent to an activating group) is 1. The van der Waals surface area contributed by atoms with Crippen molar-refractivity contribution in [3.05, 3.63) is 29.8 Å². The van der Waals surface area contributed by atoms with Crippen molar-refractivity contribution < 1.29 is 14.6 Å². The summed E-state index contributed by atoms with van der Waals surface area (Å²) in [4.78, 5) is 16.3. The molecule has 1 fully saturated rings. The van der Waals surface area contributed by atoms with Crippen LogP contribution in [0.3, 0.4) is 0 Å². The van der Waals surface area contributed by atoms with Crippen molar-refractivity contribution in [2.24, 2.45) is 0 Å². The molecule has 1 N–H and O–H groups in total. The van der Waals surface area contributed by atoms with Crippen molar-refractivity contribution in [2.45, 2.75) is 11.4 Å². The third kappa shape index (κ3) is 4.15. The van der Waals surface area contributed by atoms with Gasteiger partial charge in [-0.05, 0) is 31.8 Å². The summed E-state index contributed by atoms with van der Waals surface area (Å²) < 4.78 is 5.15. The molecule has 1 aliphatic heterocycles. The molecule has 22 heavy (non-hydrogen) atoms. The highest BCUT2D eigenvalue weighted by Gasteiger charge is 2.34. The van der Waals surface area contributed by atoms with Gasteiger partial charge in [-0.3, -0.25) is 4.79 Å². The lowest BCUT2D eigenvalue weighted by Gasteiger charge is -2.25. The number of rotatable bonds is 5. The summed E-state index contributed by atoms with van der Waals surface area (Å²) in [5, 5.41) is 10.3. The number of hydrogen-bond donors (Lipinski definition) is 1. The Morgan fingerprint density at radius 3 is 2.64 bits per heavy atom. The van der Waals surface area contributed by atoms with Gasteiger partial charge in [0, 0.05) is 25.4 Å². The summed E-state index contributed by atoms with van der Waals surface area (Å²) in [6.07, 6.45) is -0.997. The molecular weight excluding hydrogens is 300 g/mol. The minimum Gasteiger partial charge on any atom is -0.497 e. The summed E-state index contributed by atoms with van der Waals surface area (Å²) in [6, 6.07) is 7.56. The topological polar surface area (TPSA) is 53.0 Å². The molecule has 122 valence electrons. The number of carbonyl (C=O) groups is 1. The lowest BCUT2D eigenvalue weighted by molar-refractivity contribution is -0.139. The van der Waals surface area contributed by atoms with Crippen LogP contribution in [0.15, 0.2) is 24.3 Å². The summed E-state index contributed by atoms with van der Waals surface area (Å²) >= 11 is 1.63. The Balaban J connectivity index is 2.09. The lowest BCUT2D eigenvalue weighted by atomic mass is 10.1. The van der Waals surface area contributed by atoms with E-state index in [-0.39, 0.29) is 11.2 Å². The normalized spacial score (nSPS) is 22.8. The molecule has 6 heteroatoms. The predicted octanol–water partition coefficient (Wildman–Crippen LogP) is 1.23. The summed E-state index contributed by atoms with van der Waals surface area (Å²) in [5.41, 5.74) is 0.959. The van der Waals surface area contributed by atoms with Gasteiger partial charge in [0.1, 0.15) is 11.9 Å². The van der Waals surface area contributed by atoms with Crippen LogP contribution in [-0.4, -0.2) is 73.5 Å². The average Bonchev–Trinajstić information content (AvgIpc) is 2.66. The minimum atomic E-state index is -0.997. The van der Waals surface area contributed by atoms with Gasteiger partial charge in [0.25, 0.3) is 5.91 Å². The molecule has 2 atom stereocenters. The van der Waals surface area contributed by atoms with E-state index < -0.39 is 6.10 Å². The van der Waals surface area contributed by atoms with E-state index in [9.17, 15) is 9.90 Å². The maximum Gasteiger partial charge on any atom is 0.252 e. The van der Waals surface area contributed by atoms with E-state index in [4.69, 9.17) is 4.74 Å². The maximum absolute atomic E-state index is 12.5. The molecule has 1 saturated heterocycles. The van der Waals surface area contributed by atoms with E-state index in [2.05, 4.69) is 0 Å². The standard InChI is InChI=1S/C16H24N2O3S/c1-17(2)8-9-18-10-11-22-15(14(19)16(18)20)12-4-6-13(21-3)7-5-12/h4-7,14-15,19H,8-11H2,1-3H3/t14-,15+/m1/s1. The molecule has 0 radical (unpaired) electrons. The number of methoxy groups -OCH3 is 1. The van der Waals surface area contributed by atoms with Crippen molar-refractivity contribution in [1.29, 1.82) is 0 Å². The van der Waals surface area contributed by atoms with Gasteiger partial charge in [-0.25, -0.2) is 0 Å². The molecule has 1 aromatic rings. The van der Waals surface area contributed by atoms with Crippen LogP contribution in [-0.2, 0) is 4.79 Å². The molecule has 0 aliphatic carbocycles. The Labute approximate surface area is 136 Å². The molecule has 0 saturated carbocycles. The van der Waals surface area contributed by atoms with Gasteiger partial charge in [0.15, 0.2) is 0 Å². The number of aliphatic hydroxyl groups is 1. The molecule has 0 aromatic heterocycles. The van der Waals surface area contributed by atoms with Crippen molar-refractivity contribution in [3.63, 3.8) is 0 Å². The highest BCUT2D eigenvalue weighted by molar-refractivity contribution is 7.99. The highest BCUT2D eigenvalue weighted by atomic mass is 32.2. The first-order valence-corrected chi connectivity index (χ1v) is 8.45. The largest absolute Gasteiger partial charge is 0.497 e. The zero-order valence-corrected chi connectivity index (χ0v) is 14.2. The highest BCUT2D eigenvalue weighted by Crippen LogP contribution is 2.35. The second-order valence-corrected chi connectivity index (χ2v) is 6.89. The predicted molar refractivity (Wildman–Crippen MR) is 89.3 cm³/mol. The van der Waals surface area contributed by atoms with Crippen LogP contribution < -0.4 is 4.74 Å². The van der Waals surface area contributed by atoms with E-state index in [0.29, 0.717) is 13.1 Å². The van der Waals surface area contributed by atoms with E-state index in [1.54, 1.807) is 23.8 Å². The fourth-order valence-corrected chi connectivity index (χ4v) is 3.65. The van der Waals surface area contributed by atoms with Crippen LogP contribution in [0.2, 0.25) is 0 Å². The molecule has 1 amide bonds. The third-order valence-electron chi connectivity index (χ3n) is 3.77. The Hall–Kier alpha value is -1.24. The van der Waals surface area contributed by atoms with Crippen LogP contribution in [0.5, 0.6) is 5.75 Å². The molecule has 2 rings (SSSR count). The summed E-state index contributed by atoms with van der Waals surface area (Å²) in [7, 11) is 5.58. The first-order chi connectivity index (χ1) is 10.5. The summed E-state index contributed by atoms with van der Waals surface area (Å²) in [6.45, 7) is 2.14. The third-order valence-corrected chi connectivity index (χ3v) is 5.08. The Bertz CT molecular complexity index is 493. The first-order valence-electron chi connectivity index (χ1n) is 7.40. The van der Waals surface area contributed by atoms with E-state index >= 15 is 0 Å². The maximum atomic E-state index is 12.5. The van der Waals surface area contributed by atoms with Gasteiger partial charge in [-0.1, -0.05) is 12.1 Å². The Morgan fingerprint density at radius 1 is 1.36 bits per heavy atom. The minimum absolute atomic E-state index is 0.173. The monoisotopic (exact) mass is 324 g/mol. The number of ether oxygens (including phenoxy) is 1. The summed E-state index contributed by atoms with van der Waals surface area (Å²) in [5.74, 6) is 1.43. The molecule has 0 spiro atoms. The van der Waals surface area contributed by atoms with Gasteiger partial charge in [-0.2, -0.15) is 0 Å². The van der Waals surface area contributed by atoms with Gasteiger partial charge >= 0.3 is 0 Å². The number of hydrogen-bond acceptors (Lipinski definition) is 5. The van der Waals surface area contributed by atoms with E-state index in [1.165, 1.54) is 0 Å². The quantitative estimate of drug-likeness (QED) is 0.883. The second-order valence-electron chi connectivity index (χ2n) is 5.64. The zero-order chi connectivity index (χ0) is 16.1. The number of thioether (sulfide) groups is 1. The average molecular weight is 324 g/mol. The van der Waals surface area contributed by atoms with Crippen molar-refractivity contribution in [2.75, 3.05) is 46.6 Å². The van der Waals surface area contributed by atoms with Gasteiger partial charge in [0.2, 0.25) is 0 Å². The molecule has 1 aliphatic rings. The Morgan fingerprint density at radius 2 is 2.05 bits per heavy atom. The van der Waals surface area contributed by atoms with Crippen LogP contribution >= 0.6 is 11.8 Å². The lowest BCUT2D eigenvalue weighted by Crippen LogP contribution is -2.43. The SMILES string of the molecule is COc1ccc([C@@H]2SCCN(CCN(C)C)C(=O)[C@@H]2O)cc1. The first kappa shape index (κ1) is 17.1. The van der Waals surface area contributed by atoms with Crippen LogP contribution in [0.4, 0.5) is 0 Å².